The highest BCUT2D eigenvalue weighted by molar-refractivity contribution is 6.34. The summed E-state index contributed by atoms with van der Waals surface area (Å²) < 4.78 is 0. The minimum absolute atomic E-state index is 0.375. The number of hydrogen-bond acceptors (Lipinski definition) is 4. The number of aromatic nitrogens is 3. The van der Waals surface area contributed by atoms with E-state index in [2.05, 4.69) is 40.3 Å². The van der Waals surface area contributed by atoms with Gasteiger partial charge in [0.25, 0.3) is 0 Å². The van der Waals surface area contributed by atoms with Crippen LogP contribution in [0.3, 0.4) is 0 Å². The molecule has 0 unspecified atom stereocenters. The maximum Gasteiger partial charge on any atom is 0.159 e. The summed E-state index contributed by atoms with van der Waals surface area (Å²) in [5.74, 6) is 0.565. The fraction of sp³-hybridized carbons (Fsp3) is 0.357. The first kappa shape index (κ1) is 14.5. The molecule has 0 spiro atoms. The molecule has 20 heavy (non-hydrogen) atoms. The topological polar surface area (TPSA) is 68.7 Å². The van der Waals surface area contributed by atoms with Gasteiger partial charge >= 0.3 is 0 Å². The van der Waals surface area contributed by atoms with Crippen LogP contribution in [0.5, 0.6) is 0 Å². The largest absolute Gasteiger partial charge is 0.369 e. The van der Waals surface area contributed by atoms with Crippen LogP contribution in [0.25, 0.3) is 16.7 Å². The number of fused-ring (bicyclic) bond motifs is 1. The molecule has 0 amide bonds. The van der Waals surface area contributed by atoms with Gasteiger partial charge in [0.2, 0.25) is 0 Å². The number of imidazole rings is 1. The third kappa shape index (κ3) is 2.41. The predicted molar refractivity (Wildman–Crippen MR) is 84.9 cm³/mol. The monoisotopic (exact) mass is 291 g/mol. The number of rotatable bonds is 5. The van der Waals surface area contributed by atoms with E-state index in [-0.39, 0.29) is 0 Å². The highest BCUT2D eigenvalue weighted by Gasteiger charge is 2.17. The molecular weight excluding hydrogens is 274 g/mol. The molecule has 2 aromatic rings. The molecule has 5 nitrogen and oxygen atoms in total. The third-order valence-corrected chi connectivity index (χ3v) is 3.54. The average molecular weight is 292 g/mol. The molecule has 0 saturated heterocycles. The number of aromatic amines is 1. The number of halogens is 1. The minimum atomic E-state index is 0.375. The van der Waals surface area contributed by atoms with Crippen LogP contribution in [0.15, 0.2) is 12.8 Å². The SMILES string of the molecule is C=C(C(C)=N)c1nc2c(N(CC)CC)c(Cl)cnc2[nH]1. The molecule has 0 aliphatic rings. The summed E-state index contributed by atoms with van der Waals surface area (Å²) in [4.78, 5) is 14.0. The molecule has 0 aliphatic heterocycles. The maximum atomic E-state index is 7.65. The molecule has 2 rings (SSSR count). The van der Waals surface area contributed by atoms with Gasteiger partial charge in [0, 0.05) is 24.4 Å². The Balaban J connectivity index is 2.65. The van der Waals surface area contributed by atoms with Gasteiger partial charge in [-0.05, 0) is 20.8 Å². The van der Waals surface area contributed by atoms with E-state index in [4.69, 9.17) is 17.0 Å². The van der Waals surface area contributed by atoms with E-state index >= 15 is 0 Å². The summed E-state index contributed by atoms with van der Waals surface area (Å²) in [6.07, 6.45) is 1.62. The summed E-state index contributed by atoms with van der Waals surface area (Å²) in [7, 11) is 0. The van der Waals surface area contributed by atoms with Gasteiger partial charge < -0.3 is 15.3 Å². The van der Waals surface area contributed by atoms with Crippen LogP contribution in [-0.4, -0.2) is 33.8 Å². The van der Waals surface area contributed by atoms with E-state index in [9.17, 15) is 0 Å². The zero-order valence-electron chi connectivity index (χ0n) is 11.9. The van der Waals surface area contributed by atoms with Gasteiger partial charge in [-0.3, -0.25) is 0 Å². The zero-order chi connectivity index (χ0) is 14.9. The molecule has 0 atom stereocenters. The van der Waals surface area contributed by atoms with E-state index in [1.54, 1.807) is 13.1 Å². The van der Waals surface area contributed by atoms with Crippen LogP contribution in [0.4, 0.5) is 5.69 Å². The van der Waals surface area contributed by atoms with Crippen molar-refractivity contribution in [1.29, 1.82) is 5.41 Å². The fourth-order valence-corrected chi connectivity index (χ4v) is 2.34. The van der Waals surface area contributed by atoms with Gasteiger partial charge in [0.05, 0.1) is 16.9 Å². The highest BCUT2D eigenvalue weighted by Crippen LogP contribution is 2.32. The number of nitrogens with zero attached hydrogens (tertiary/aromatic N) is 3. The van der Waals surface area contributed by atoms with Gasteiger partial charge in [-0.1, -0.05) is 18.2 Å². The van der Waals surface area contributed by atoms with Crippen molar-refractivity contribution in [3.8, 4) is 0 Å². The van der Waals surface area contributed by atoms with Crippen LogP contribution in [0.1, 0.15) is 26.6 Å². The first-order valence-corrected chi connectivity index (χ1v) is 6.91. The van der Waals surface area contributed by atoms with Crippen molar-refractivity contribution < 1.29 is 0 Å². The minimum Gasteiger partial charge on any atom is -0.369 e. The predicted octanol–water partition coefficient (Wildman–Crippen LogP) is 3.51. The lowest BCUT2D eigenvalue weighted by Gasteiger charge is -2.22. The van der Waals surface area contributed by atoms with Crippen LogP contribution in [0.2, 0.25) is 5.02 Å². The Hall–Kier alpha value is -1.88. The van der Waals surface area contributed by atoms with E-state index in [0.29, 0.717) is 27.8 Å². The Morgan fingerprint density at radius 3 is 2.65 bits per heavy atom. The maximum absolute atomic E-state index is 7.65. The average Bonchev–Trinajstić information content (AvgIpc) is 2.85. The lowest BCUT2D eigenvalue weighted by molar-refractivity contribution is 0.868. The quantitative estimate of drug-likeness (QED) is 0.828. The van der Waals surface area contributed by atoms with Crippen molar-refractivity contribution in [2.45, 2.75) is 20.8 Å². The van der Waals surface area contributed by atoms with E-state index in [1.807, 2.05) is 0 Å². The van der Waals surface area contributed by atoms with Gasteiger partial charge in [-0.15, -0.1) is 0 Å². The van der Waals surface area contributed by atoms with Gasteiger partial charge in [0.1, 0.15) is 11.3 Å². The van der Waals surface area contributed by atoms with E-state index < -0.39 is 0 Å². The number of hydrogen-bond donors (Lipinski definition) is 2. The summed E-state index contributed by atoms with van der Waals surface area (Å²) in [6.45, 7) is 11.4. The van der Waals surface area contributed by atoms with E-state index in [0.717, 1.165) is 24.3 Å². The lowest BCUT2D eigenvalue weighted by Crippen LogP contribution is -2.22. The number of pyridine rings is 1. The van der Waals surface area contributed by atoms with Crippen molar-refractivity contribution in [1.82, 2.24) is 15.0 Å². The molecule has 2 N–H and O–H groups in total. The normalized spacial score (nSPS) is 10.8. The number of H-pyrrole nitrogens is 1. The molecule has 0 saturated carbocycles. The molecule has 0 fully saturated rings. The smallest absolute Gasteiger partial charge is 0.159 e. The number of allylic oxidation sites excluding steroid dienone is 1. The van der Waals surface area contributed by atoms with Crippen molar-refractivity contribution in [3.05, 3.63) is 23.6 Å². The molecule has 2 heterocycles. The molecule has 0 radical (unpaired) electrons. The van der Waals surface area contributed by atoms with Crippen LogP contribution >= 0.6 is 11.6 Å². The van der Waals surface area contributed by atoms with Crippen molar-refractivity contribution in [3.63, 3.8) is 0 Å². The molecule has 0 aliphatic carbocycles. The van der Waals surface area contributed by atoms with Crippen molar-refractivity contribution in [2.75, 3.05) is 18.0 Å². The second-order valence-electron chi connectivity index (χ2n) is 4.51. The zero-order valence-corrected chi connectivity index (χ0v) is 12.7. The molecule has 6 heteroatoms. The van der Waals surface area contributed by atoms with Gasteiger partial charge in [0.15, 0.2) is 5.65 Å². The summed E-state index contributed by atoms with van der Waals surface area (Å²) >= 11 is 6.28. The first-order valence-electron chi connectivity index (χ1n) is 6.53. The Bertz CT molecular complexity index is 669. The summed E-state index contributed by atoms with van der Waals surface area (Å²) in [6, 6.07) is 0. The summed E-state index contributed by atoms with van der Waals surface area (Å²) in [5, 5.41) is 8.23. The molecule has 0 aromatic carbocycles. The van der Waals surface area contributed by atoms with Crippen LogP contribution in [0, 0.1) is 5.41 Å². The lowest BCUT2D eigenvalue weighted by atomic mass is 10.2. The molecular formula is C14H18ClN5. The van der Waals surface area contributed by atoms with Crippen molar-refractivity contribution in [2.24, 2.45) is 0 Å². The Labute approximate surface area is 123 Å². The number of nitrogens with one attached hydrogen (secondary N) is 2. The summed E-state index contributed by atoms with van der Waals surface area (Å²) in [5.41, 5.74) is 3.19. The Morgan fingerprint density at radius 2 is 2.10 bits per heavy atom. The second kappa shape index (κ2) is 5.63. The van der Waals surface area contributed by atoms with Gasteiger partial charge in [-0.2, -0.15) is 0 Å². The molecule has 106 valence electrons. The van der Waals surface area contributed by atoms with Crippen LogP contribution in [-0.2, 0) is 0 Å². The van der Waals surface area contributed by atoms with Gasteiger partial charge in [-0.25, -0.2) is 9.97 Å². The number of anilines is 1. The Kier molecular flexibility index (Phi) is 4.09. The second-order valence-corrected chi connectivity index (χ2v) is 4.92. The van der Waals surface area contributed by atoms with Crippen molar-refractivity contribution >= 4 is 39.7 Å². The molecule has 0 bridgehead atoms. The molecule has 2 aromatic heterocycles. The third-order valence-electron chi connectivity index (χ3n) is 3.26. The van der Waals surface area contributed by atoms with Crippen LogP contribution < -0.4 is 4.90 Å². The highest BCUT2D eigenvalue weighted by atomic mass is 35.5. The Morgan fingerprint density at radius 1 is 1.45 bits per heavy atom. The first-order chi connectivity index (χ1) is 9.49. The van der Waals surface area contributed by atoms with E-state index in [1.165, 1.54) is 0 Å². The fourth-order valence-electron chi connectivity index (χ4n) is 2.08. The standard InChI is InChI=1S/C14H18ClN5/c1-5-20(6-2)12-10(15)7-17-14-11(12)18-13(19-14)8(3)9(4)16/h7,16H,3,5-6H2,1-2,4H3,(H,17,18,19).